The summed E-state index contributed by atoms with van der Waals surface area (Å²) in [6.45, 7) is 2.84. The molecule has 3 aromatic rings. The molecule has 0 aliphatic carbocycles. The van der Waals surface area contributed by atoms with Gasteiger partial charge in [-0.2, -0.15) is 15.2 Å². The molecule has 0 aliphatic rings. The number of aromatic amines is 1. The van der Waals surface area contributed by atoms with Gasteiger partial charge in [0, 0.05) is 18.3 Å². The fraction of sp³-hybridized carbons (Fsp3) is 0.200. The van der Waals surface area contributed by atoms with Gasteiger partial charge in [0.15, 0.2) is 5.65 Å². The van der Waals surface area contributed by atoms with E-state index in [1.165, 1.54) is 0 Å². The first-order valence-corrected chi connectivity index (χ1v) is 5.27. The number of nitrogens with two attached hydrogens (primary N) is 1. The first-order chi connectivity index (χ1) is 8.28. The van der Waals surface area contributed by atoms with E-state index in [1.807, 2.05) is 17.8 Å². The third-order valence-corrected chi connectivity index (χ3v) is 2.56. The van der Waals surface area contributed by atoms with E-state index in [-0.39, 0.29) is 5.95 Å². The molecular formula is C10H11N7. The average molecular weight is 229 g/mol. The molecule has 7 heteroatoms. The summed E-state index contributed by atoms with van der Waals surface area (Å²) in [6, 6.07) is 0. The minimum atomic E-state index is 0.223. The van der Waals surface area contributed by atoms with E-state index in [4.69, 9.17) is 5.73 Å². The largest absolute Gasteiger partial charge is 0.368 e. The van der Waals surface area contributed by atoms with Crippen molar-refractivity contribution in [3.63, 3.8) is 0 Å². The number of nitrogen functional groups attached to an aromatic ring is 1. The summed E-state index contributed by atoms with van der Waals surface area (Å²) in [6.07, 6.45) is 5.37. The van der Waals surface area contributed by atoms with E-state index in [0.29, 0.717) is 5.65 Å². The van der Waals surface area contributed by atoms with Crippen molar-refractivity contribution < 1.29 is 0 Å². The van der Waals surface area contributed by atoms with E-state index >= 15 is 0 Å². The minimum absolute atomic E-state index is 0.223. The number of hydrogen-bond donors (Lipinski definition) is 2. The normalized spacial score (nSPS) is 11.1. The van der Waals surface area contributed by atoms with Gasteiger partial charge in [-0.05, 0) is 6.92 Å². The SMILES string of the molecule is CCn1cc(-c2nc(N)nc3[nH]ncc23)cn1. The molecule has 3 rings (SSSR count). The fourth-order valence-electron chi connectivity index (χ4n) is 1.73. The van der Waals surface area contributed by atoms with E-state index in [1.54, 1.807) is 12.4 Å². The van der Waals surface area contributed by atoms with E-state index < -0.39 is 0 Å². The average Bonchev–Trinajstić information content (AvgIpc) is 2.95. The van der Waals surface area contributed by atoms with Crippen LogP contribution < -0.4 is 5.73 Å². The van der Waals surface area contributed by atoms with Gasteiger partial charge in [0.1, 0.15) is 0 Å². The standard InChI is InChI=1S/C10H11N7/c1-2-17-5-6(3-13-17)8-7-4-12-16-9(7)15-10(11)14-8/h3-5H,2H2,1H3,(H3,11,12,14,15,16). The Bertz CT molecular complexity index is 666. The zero-order valence-electron chi connectivity index (χ0n) is 9.25. The van der Waals surface area contributed by atoms with Crippen LogP contribution in [0.5, 0.6) is 0 Å². The Hall–Kier alpha value is -2.44. The van der Waals surface area contributed by atoms with E-state index in [2.05, 4.69) is 25.3 Å². The molecule has 0 saturated carbocycles. The Morgan fingerprint density at radius 2 is 2.24 bits per heavy atom. The number of anilines is 1. The van der Waals surface area contributed by atoms with E-state index in [9.17, 15) is 0 Å². The maximum atomic E-state index is 5.66. The summed E-state index contributed by atoms with van der Waals surface area (Å²) in [7, 11) is 0. The maximum Gasteiger partial charge on any atom is 0.222 e. The zero-order valence-corrected chi connectivity index (χ0v) is 9.25. The molecule has 0 aliphatic heterocycles. The number of hydrogen-bond acceptors (Lipinski definition) is 5. The highest BCUT2D eigenvalue weighted by molar-refractivity contribution is 5.90. The van der Waals surface area contributed by atoms with Crippen molar-refractivity contribution in [1.82, 2.24) is 29.9 Å². The maximum absolute atomic E-state index is 5.66. The highest BCUT2D eigenvalue weighted by Gasteiger charge is 2.11. The zero-order chi connectivity index (χ0) is 11.8. The van der Waals surface area contributed by atoms with Crippen LogP contribution in [-0.2, 0) is 6.54 Å². The number of nitrogens with one attached hydrogen (secondary N) is 1. The molecule has 0 fully saturated rings. The molecule has 3 heterocycles. The lowest BCUT2D eigenvalue weighted by molar-refractivity contribution is 0.660. The summed E-state index contributed by atoms with van der Waals surface area (Å²) in [5, 5.41) is 11.8. The Morgan fingerprint density at radius 1 is 1.35 bits per heavy atom. The van der Waals surface area contributed by atoms with Crippen LogP contribution in [0.3, 0.4) is 0 Å². The van der Waals surface area contributed by atoms with Crippen LogP contribution in [-0.4, -0.2) is 29.9 Å². The van der Waals surface area contributed by atoms with Gasteiger partial charge in [0.05, 0.1) is 23.5 Å². The van der Waals surface area contributed by atoms with Gasteiger partial charge in [-0.1, -0.05) is 0 Å². The van der Waals surface area contributed by atoms with Gasteiger partial charge in [-0.3, -0.25) is 9.78 Å². The van der Waals surface area contributed by atoms with Crippen LogP contribution in [0.1, 0.15) is 6.92 Å². The van der Waals surface area contributed by atoms with Crippen molar-refractivity contribution in [2.45, 2.75) is 13.5 Å². The van der Waals surface area contributed by atoms with Gasteiger partial charge in [-0.15, -0.1) is 0 Å². The molecule has 0 aromatic carbocycles. The fourth-order valence-corrected chi connectivity index (χ4v) is 1.73. The third-order valence-electron chi connectivity index (χ3n) is 2.56. The molecule has 0 saturated heterocycles. The smallest absolute Gasteiger partial charge is 0.222 e. The number of rotatable bonds is 2. The lowest BCUT2D eigenvalue weighted by Crippen LogP contribution is -1.97. The van der Waals surface area contributed by atoms with Crippen LogP contribution in [0.15, 0.2) is 18.6 Å². The molecule has 3 N–H and O–H groups in total. The summed E-state index contributed by atoms with van der Waals surface area (Å²) < 4.78 is 1.83. The number of aromatic nitrogens is 6. The van der Waals surface area contributed by atoms with Crippen molar-refractivity contribution in [3.05, 3.63) is 18.6 Å². The Kier molecular flexibility index (Phi) is 2.04. The summed E-state index contributed by atoms with van der Waals surface area (Å²) >= 11 is 0. The van der Waals surface area contributed by atoms with Gasteiger partial charge in [0.25, 0.3) is 0 Å². The second-order valence-electron chi connectivity index (χ2n) is 3.65. The Balaban J connectivity index is 2.24. The Labute approximate surface area is 96.7 Å². The van der Waals surface area contributed by atoms with Crippen LogP contribution in [0.25, 0.3) is 22.3 Å². The van der Waals surface area contributed by atoms with Crippen LogP contribution in [0, 0.1) is 0 Å². The summed E-state index contributed by atoms with van der Waals surface area (Å²) in [5.74, 6) is 0.223. The number of H-pyrrole nitrogens is 1. The second-order valence-corrected chi connectivity index (χ2v) is 3.65. The highest BCUT2D eigenvalue weighted by atomic mass is 15.3. The van der Waals surface area contributed by atoms with Gasteiger partial charge in [0.2, 0.25) is 5.95 Å². The van der Waals surface area contributed by atoms with Crippen LogP contribution >= 0.6 is 0 Å². The topological polar surface area (TPSA) is 98.3 Å². The lowest BCUT2D eigenvalue weighted by Gasteiger charge is -1.99. The lowest BCUT2D eigenvalue weighted by atomic mass is 10.2. The highest BCUT2D eigenvalue weighted by Crippen LogP contribution is 2.24. The minimum Gasteiger partial charge on any atom is -0.368 e. The number of nitrogens with zero attached hydrogens (tertiary/aromatic N) is 5. The molecule has 7 nitrogen and oxygen atoms in total. The van der Waals surface area contributed by atoms with Crippen molar-refractivity contribution in [3.8, 4) is 11.3 Å². The predicted molar refractivity (Wildman–Crippen MR) is 63.0 cm³/mol. The molecule has 0 bridgehead atoms. The summed E-state index contributed by atoms with van der Waals surface area (Å²) in [5.41, 5.74) is 7.96. The second kappa shape index (κ2) is 3.55. The van der Waals surface area contributed by atoms with Crippen LogP contribution in [0.4, 0.5) is 5.95 Å². The Morgan fingerprint density at radius 3 is 3.00 bits per heavy atom. The molecular weight excluding hydrogens is 218 g/mol. The molecule has 0 unspecified atom stereocenters. The summed E-state index contributed by atoms with van der Waals surface area (Å²) in [4.78, 5) is 8.31. The molecule has 0 amide bonds. The molecule has 0 atom stereocenters. The molecule has 17 heavy (non-hydrogen) atoms. The first kappa shape index (κ1) is 9.76. The molecule has 86 valence electrons. The third kappa shape index (κ3) is 1.52. The monoisotopic (exact) mass is 229 g/mol. The van der Waals surface area contributed by atoms with Gasteiger partial charge >= 0.3 is 0 Å². The molecule has 0 radical (unpaired) electrons. The molecule has 0 spiro atoms. The van der Waals surface area contributed by atoms with Gasteiger partial charge in [-0.25, -0.2) is 4.98 Å². The van der Waals surface area contributed by atoms with E-state index in [0.717, 1.165) is 23.2 Å². The van der Waals surface area contributed by atoms with Crippen molar-refractivity contribution >= 4 is 17.0 Å². The quantitative estimate of drug-likeness (QED) is 0.677. The predicted octanol–water partition coefficient (Wildman–Crippen LogP) is 0.819. The number of fused-ring (bicyclic) bond motifs is 1. The van der Waals surface area contributed by atoms with Gasteiger partial charge < -0.3 is 5.73 Å². The number of aryl methyl sites for hydroxylation is 1. The van der Waals surface area contributed by atoms with Crippen molar-refractivity contribution in [1.29, 1.82) is 0 Å². The van der Waals surface area contributed by atoms with Crippen molar-refractivity contribution in [2.24, 2.45) is 0 Å². The first-order valence-electron chi connectivity index (χ1n) is 5.27. The molecule has 3 aromatic heterocycles. The van der Waals surface area contributed by atoms with Crippen molar-refractivity contribution in [2.75, 3.05) is 5.73 Å². The van der Waals surface area contributed by atoms with Crippen LogP contribution in [0.2, 0.25) is 0 Å².